The highest BCUT2D eigenvalue weighted by molar-refractivity contribution is 6.31. The summed E-state index contributed by atoms with van der Waals surface area (Å²) in [7, 11) is 0. The van der Waals surface area contributed by atoms with Gasteiger partial charge in [0, 0.05) is 11.4 Å². The summed E-state index contributed by atoms with van der Waals surface area (Å²) in [5.41, 5.74) is 2.68. The van der Waals surface area contributed by atoms with Crippen LogP contribution in [-0.4, -0.2) is 25.9 Å². The SMILES string of the molecule is Cc1nn(Cc2ccccc2Cl)c(C)c1C(=O)OCc1nc(CC(C)C)no1. The summed E-state index contributed by atoms with van der Waals surface area (Å²) in [6.07, 6.45) is 0.713. The van der Waals surface area contributed by atoms with Crippen LogP contribution in [0.4, 0.5) is 0 Å². The van der Waals surface area contributed by atoms with Crippen LogP contribution in [0.3, 0.4) is 0 Å². The van der Waals surface area contributed by atoms with Crippen molar-refractivity contribution in [1.82, 2.24) is 19.9 Å². The second-order valence-electron chi connectivity index (χ2n) is 7.07. The maximum absolute atomic E-state index is 12.6. The molecule has 2 heterocycles. The van der Waals surface area contributed by atoms with Crippen molar-refractivity contribution in [3.63, 3.8) is 0 Å². The van der Waals surface area contributed by atoms with Gasteiger partial charge in [0.2, 0.25) is 0 Å². The molecule has 0 aliphatic rings. The number of carbonyl (C=O) groups is 1. The number of esters is 1. The fourth-order valence-electron chi connectivity index (χ4n) is 2.93. The first-order chi connectivity index (χ1) is 13.3. The molecule has 0 amide bonds. The summed E-state index contributed by atoms with van der Waals surface area (Å²) in [6, 6.07) is 7.55. The molecule has 0 bridgehead atoms. The number of halogens is 1. The van der Waals surface area contributed by atoms with Crippen LogP contribution < -0.4 is 0 Å². The van der Waals surface area contributed by atoms with Crippen LogP contribution in [0.5, 0.6) is 0 Å². The number of hydrogen-bond donors (Lipinski definition) is 0. The van der Waals surface area contributed by atoms with Crippen molar-refractivity contribution in [2.75, 3.05) is 0 Å². The van der Waals surface area contributed by atoms with Gasteiger partial charge in [0.25, 0.3) is 5.89 Å². The van der Waals surface area contributed by atoms with Crippen molar-refractivity contribution in [1.29, 1.82) is 0 Å². The van der Waals surface area contributed by atoms with Gasteiger partial charge in [-0.2, -0.15) is 10.1 Å². The minimum Gasteiger partial charge on any atom is -0.452 e. The molecule has 7 nitrogen and oxygen atoms in total. The lowest BCUT2D eigenvalue weighted by Crippen LogP contribution is -2.09. The molecule has 2 aromatic heterocycles. The Morgan fingerprint density at radius 2 is 2.04 bits per heavy atom. The first kappa shape index (κ1) is 20.1. The predicted molar refractivity (Wildman–Crippen MR) is 104 cm³/mol. The zero-order chi connectivity index (χ0) is 20.3. The van der Waals surface area contributed by atoms with E-state index in [1.807, 2.05) is 31.2 Å². The minimum atomic E-state index is -0.469. The average Bonchev–Trinajstić information content (AvgIpc) is 3.18. The Morgan fingerprint density at radius 1 is 1.29 bits per heavy atom. The largest absolute Gasteiger partial charge is 0.452 e. The molecule has 0 fully saturated rings. The van der Waals surface area contributed by atoms with Crippen molar-refractivity contribution in [3.05, 3.63) is 63.5 Å². The number of aromatic nitrogens is 4. The summed E-state index contributed by atoms with van der Waals surface area (Å²) in [5, 5.41) is 9.02. The molecule has 3 rings (SSSR count). The third kappa shape index (κ3) is 4.59. The Morgan fingerprint density at radius 3 is 2.75 bits per heavy atom. The van der Waals surface area contributed by atoms with Crippen LogP contribution in [0.25, 0.3) is 0 Å². The number of carbonyl (C=O) groups excluding carboxylic acids is 1. The molecule has 0 saturated carbocycles. The van der Waals surface area contributed by atoms with Crippen molar-refractivity contribution in [3.8, 4) is 0 Å². The zero-order valence-corrected chi connectivity index (χ0v) is 17.2. The lowest BCUT2D eigenvalue weighted by Gasteiger charge is -2.07. The number of nitrogens with zero attached hydrogens (tertiary/aromatic N) is 4. The van der Waals surface area contributed by atoms with Crippen molar-refractivity contribution in [2.45, 2.75) is 47.3 Å². The lowest BCUT2D eigenvalue weighted by atomic mass is 10.1. The molecule has 28 heavy (non-hydrogen) atoms. The lowest BCUT2D eigenvalue weighted by molar-refractivity contribution is 0.0428. The summed E-state index contributed by atoms with van der Waals surface area (Å²) < 4.78 is 12.3. The van der Waals surface area contributed by atoms with Crippen molar-refractivity contribution < 1.29 is 14.1 Å². The Hall–Kier alpha value is -2.67. The fraction of sp³-hybridized carbons (Fsp3) is 0.400. The fourth-order valence-corrected chi connectivity index (χ4v) is 3.13. The molecule has 0 spiro atoms. The number of benzene rings is 1. The van der Waals surface area contributed by atoms with E-state index in [4.69, 9.17) is 20.9 Å². The van der Waals surface area contributed by atoms with Gasteiger partial charge in [0.1, 0.15) is 5.56 Å². The van der Waals surface area contributed by atoms with Crippen LogP contribution in [-0.2, 0) is 24.3 Å². The van der Waals surface area contributed by atoms with Crippen LogP contribution >= 0.6 is 11.6 Å². The molecular formula is C20H23ClN4O3. The molecule has 0 unspecified atom stereocenters. The monoisotopic (exact) mass is 402 g/mol. The van der Waals surface area contributed by atoms with Gasteiger partial charge in [0.05, 0.1) is 17.9 Å². The van der Waals surface area contributed by atoms with Crippen LogP contribution in [0.2, 0.25) is 5.02 Å². The number of ether oxygens (including phenoxy) is 1. The number of hydrogen-bond acceptors (Lipinski definition) is 6. The second-order valence-corrected chi connectivity index (χ2v) is 7.48. The predicted octanol–water partition coefficient (Wildman–Crippen LogP) is 4.14. The second kappa shape index (κ2) is 8.56. The molecule has 8 heteroatoms. The summed E-state index contributed by atoms with van der Waals surface area (Å²) >= 11 is 6.23. The minimum absolute atomic E-state index is 0.0709. The molecule has 0 radical (unpaired) electrons. The Balaban J connectivity index is 1.69. The average molecular weight is 403 g/mol. The molecule has 0 saturated heterocycles. The molecular weight excluding hydrogens is 380 g/mol. The Bertz CT molecular complexity index is 978. The highest BCUT2D eigenvalue weighted by Crippen LogP contribution is 2.20. The zero-order valence-electron chi connectivity index (χ0n) is 16.4. The highest BCUT2D eigenvalue weighted by atomic mass is 35.5. The van der Waals surface area contributed by atoms with Gasteiger partial charge >= 0.3 is 5.97 Å². The Labute approximate surface area is 168 Å². The molecule has 148 valence electrons. The van der Waals surface area contributed by atoms with E-state index in [1.54, 1.807) is 11.6 Å². The summed E-state index contributed by atoms with van der Waals surface area (Å²) in [4.78, 5) is 16.8. The van der Waals surface area contributed by atoms with E-state index in [0.29, 0.717) is 46.7 Å². The first-order valence-electron chi connectivity index (χ1n) is 9.11. The van der Waals surface area contributed by atoms with Gasteiger partial charge in [-0.1, -0.05) is 48.8 Å². The van der Waals surface area contributed by atoms with E-state index in [2.05, 4.69) is 29.1 Å². The molecule has 3 aromatic rings. The molecule has 0 aliphatic carbocycles. The van der Waals surface area contributed by atoms with Crippen LogP contribution in [0, 0.1) is 19.8 Å². The van der Waals surface area contributed by atoms with E-state index in [-0.39, 0.29) is 12.5 Å². The van der Waals surface area contributed by atoms with E-state index in [9.17, 15) is 4.79 Å². The van der Waals surface area contributed by atoms with E-state index in [1.165, 1.54) is 0 Å². The van der Waals surface area contributed by atoms with Gasteiger partial charge in [-0.15, -0.1) is 0 Å². The summed E-state index contributed by atoms with van der Waals surface area (Å²) in [6.45, 7) is 8.16. The number of aryl methyl sites for hydroxylation is 1. The quantitative estimate of drug-likeness (QED) is 0.552. The maximum atomic E-state index is 12.6. The smallest absolute Gasteiger partial charge is 0.342 e. The third-order valence-corrected chi connectivity index (χ3v) is 4.66. The molecule has 0 N–H and O–H groups in total. The van der Waals surface area contributed by atoms with Gasteiger partial charge < -0.3 is 9.26 Å². The first-order valence-corrected chi connectivity index (χ1v) is 9.49. The Kier molecular flexibility index (Phi) is 6.14. The van der Waals surface area contributed by atoms with Gasteiger partial charge in [-0.3, -0.25) is 4.68 Å². The van der Waals surface area contributed by atoms with Crippen LogP contribution in [0.15, 0.2) is 28.8 Å². The van der Waals surface area contributed by atoms with Crippen molar-refractivity contribution >= 4 is 17.6 Å². The molecule has 0 atom stereocenters. The topological polar surface area (TPSA) is 83.0 Å². The van der Waals surface area contributed by atoms with Gasteiger partial charge in [-0.25, -0.2) is 4.79 Å². The molecule has 1 aromatic carbocycles. The summed E-state index contributed by atoms with van der Waals surface area (Å²) in [5.74, 6) is 0.843. The number of rotatable bonds is 7. The maximum Gasteiger partial charge on any atom is 0.342 e. The van der Waals surface area contributed by atoms with Gasteiger partial charge in [-0.05, 0) is 31.4 Å². The van der Waals surface area contributed by atoms with Crippen LogP contribution in [0.1, 0.15) is 52.9 Å². The molecule has 0 aliphatic heterocycles. The standard InChI is InChI=1S/C20H23ClN4O3/c1-12(2)9-17-22-18(28-24-17)11-27-20(26)19-13(3)23-25(14(19)4)10-15-7-5-6-8-16(15)21/h5-8,12H,9-11H2,1-4H3. The third-order valence-electron chi connectivity index (χ3n) is 4.29. The van der Waals surface area contributed by atoms with Gasteiger partial charge in [0.15, 0.2) is 12.4 Å². The van der Waals surface area contributed by atoms with E-state index < -0.39 is 5.97 Å². The van der Waals surface area contributed by atoms with E-state index >= 15 is 0 Å². The highest BCUT2D eigenvalue weighted by Gasteiger charge is 2.21. The van der Waals surface area contributed by atoms with E-state index in [0.717, 1.165) is 5.56 Å². The normalized spacial score (nSPS) is 11.2. The van der Waals surface area contributed by atoms with Crippen molar-refractivity contribution in [2.24, 2.45) is 5.92 Å².